The van der Waals surface area contributed by atoms with Crippen LogP contribution in [0.5, 0.6) is 0 Å². The van der Waals surface area contributed by atoms with Crippen LogP contribution >= 0.6 is 35.0 Å². The minimum Gasteiger partial charge on any atom is -0.480 e. The molecule has 0 heterocycles. The lowest BCUT2D eigenvalue weighted by molar-refractivity contribution is -0.139. The lowest BCUT2D eigenvalue weighted by Crippen LogP contribution is -2.41. The Morgan fingerprint density at radius 3 is 2.63 bits per heavy atom. The minimum atomic E-state index is -1.06. The van der Waals surface area contributed by atoms with Gasteiger partial charge in [-0.1, -0.05) is 23.2 Å². The number of hydrogen-bond acceptors (Lipinski definition) is 3. The van der Waals surface area contributed by atoms with Crippen molar-refractivity contribution in [2.45, 2.75) is 12.5 Å². The fourth-order valence-corrected chi connectivity index (χ4v) is 2.37. The van der Waals surface area contributed by atoms with Crippen LogP contribution < -0.4 is 5.32 Å². The summed E-state index contributed by atoms with van der Waals surface area (Å²) < 4.78 is 0. The molecular weight excluding hydrogens is 309 g/mol. The third-order valence-electron chi connectivity index (χ3n) is 2.39. The molecular formula is C12H13Cl2NO3S. The van der Waals surface area contributed by atoms with E-state index in [2.05, 4.69) is 5.32 Å². The molecule has 0 spiro atoms. The smallest absolute Gasteiger partial charge is 0.326 e. The molecule has 0 radical (unpaired) electrons. The van der Waals surface area contributed by atoms with E-state index in [1.54, 1.807) is 0 Å². The Kier molecular flexibility index (Phi) is 6.48. The molecule has 4 nitrogen and oxygen atoms in total. The molecule has 1 amide bonds. The number of carbonyl (C=O) groups is 2. The first-order valence-electron chi connectivity index (χ1n) is 5.43. The van der Waals surface area contributed by atoms with Gasteiger partial charge in [0.15, 0.2) is 0 Å². The van der Waals surface area contributed by atoms with E-state index in [0.29, 0.717) is 17.2 Å². The number of halogens is 2. The number of carbonyl (C=O) groups excluding carboxylic acids is 1. The number of nitrogens with one attached hydrogen (secondary N) is 1. The highest BCUT2D eigenvalue weighted by Gasteiger charge is 2.21. The fraction of sp³-hybridized carbons (Fsp3) is 0.333. The van der Waals surface area contributed by atoms with Gasteiger partial charge in [-0.05, 0) is 36.6 Å². The van der Waals surface area contributed by atoms with Crippen LogP contribution in [0.25, 0.3) is 0 Å². The number of hydrogen-bond donors (Lipinski definition) is 2. The third-order valence-corrected chi connectivity index (χ3v) is 3.58. The van der Waals surface area contributed by atoms with Crippen LogP contribution in [0.3, 0.4) is 0 Å². The second-order valence-corrected chi connectivity index (χ2v) is 5.60. The predicted octanol–water partition coefficient (Wildman–Crippen LogP) is 2.93. The summed E-state index contributed by atoms with van der Waals surface area (Å²) in [5.41, 5.74) is 0.210. The number of benzene rings is 1. The van der Waals surface area contributed by atoms with Gasteiger partial charge >= 0.3 is 5.97 Å². The zero-order chi connectivity index (χ0) is 14.4. The van der Waals surface area contributed by atoms with Gasteiger partial charge in [0.25, 0.3) is 5.91 Å². The molecule has 0 aliphatic heterocycles. The lowest BCUT2D eigenvalue weighted by atomic mass is 10.1. The summed E-state index contributed by atoms with van der Waals surface area (Å²) in [5.74, 6) is -0.936. The molecule has 1 aromatic rings. The Balaban J connectivity index is 2.78. The van der Waals surface area contributed by atoms with E-state index in [1.165, 1.54) is 30.0 Å². The Morgan fingerprint density at radius 2 is 2.11 bits per heavy atom. The molecule has 0 fully saturated rings. The molecule has 0 aliphatic rings. The molecule has 0 saturated heterocycles. The van der Waals surface area contributed by atoms with Gasteiger partial charge in [-0.15, -0.1) is 0 Å². The van der Waals surface area contributed by atoms with E-state index in [-0.39, 0.29) is 10.6 Å². The van der Waals surface area contributed by atoms with E-state index < -0.39 is 17.9 Å². The molecule has 0 aliphatic carbocycles. The first-order valence-corrected chi connectivity index (χ1v) is 7.58. The SMILES string of the molecule is CSCCC(NC(=O)c1ccc(Cl)cc1Cl)C(=O)O. The maximum Gasteiger partial charge on any atom is 0.326 e. The zero-order valence-electron chi connectivity index (χ0n) is 10.2. The van der Waals surface area contributed by atoms with Gasteiger partial charge < -0.3 is 10.4 Å². The van der Waals surface area contributed by atoms with Crippen LogP contribution in [0, 0.1) is 0 Å². The second kappa shape index (κ2) is 7.62. The molecule has 0 aromatic heterocycles. The highest BCUT2D eigenvalue weighted by molar-refractivity contribution is 7.98. The maximum atomic E-state index is 11.9. The highest BCUT2D eigenvalue weighted by atomic mass is 35.5. The fourth-order valence-electron chi connectivity index (χ4n) is 1.40. The van der Waals surface area contributed by atoms with E-state index in [4.69, 9.17) is 28.3 Å². The quantitative estimate of drug-likeness (QED) is 0.845. The Hall–Kier alpha value is -0.910. The van der Waals surface area contributed by atoms with Crippen molar-refractivity contribution in [2.24, 2.45) is 0 Å². The number of amides is 1. The standard InChI is InChI=1S/C12H13Cl2NO3S/c1-19-5-4-10(12(17)18)15-11(16)8-3-2-7(13)6-9(8)14/h2-3,6,10H,4-5H2,1H3,(H,15,16)(H,17,18). The van der Waals surface area contributed by atoms with Gasteiger partial charge in [0.1, 0.15) is 6.04 Å². The summed E-state index contributed by atoms with van der Waals surface area (Å²) in [6, 6.07) is 3.51. The summed E-state index contributed by atoms with van der Waals surface area (Å²) in [6.45, 7) is 0. The average molecular weight is 322 g/mol. The van der Waals surface area contributed by atoms with Gasteiger partial charge in [0, 0.05) is 5.02 Å². The first kappa shape index (κ1) is 16.1. The van der Waals surface area contributed by atoms with E-state index >= 15 is 0 Å². The van der Waals surface area contributed by atoms with E-state index in [9.17, 15) is 9.59 Å². The number of thioether (sulfide) groups is 1. The van der Waals surface area contributed by atoms with Crippen LogP contribution in [-0.2, 0) is 4.79 Å². The Labute approximate surface area is 125 Å². The summed E-state index contributed by atoms with van der Waals surface area (Å²) in [7, 11) is 0. The second-order valence-electron chi connectivity index (χ2n) is 3.77. The van der Waals surface area contributed by atoms with Gasteiger partial charge in [-0.25, -0.2) is 4.79 Å². The molecule has 104 valence electrons. The number of aliphatic carboxylic acids is 1. The Bertz CT molecular complexity index is 482. The van der Waals surface area contributed by atoms with Gasteiger partial charge in [0.2, 0.25) is 0 Å². The maximum absolute atomic E-state index is 11.9. The number of carboxylic acid groups (broad SMARTS) is 1. The van der Waals surface area contributed by atoms with Gasteiger partial charge in [0.05, 0.1) is 10.6 Å². The van der Waals surface area contributed by atoms with Gasteiger partial charge in [-0.3, -0.25) is 4.79 Å². The summed E-state index contributed by atoms with van der Waals surface area (Å²) in [5, 5.41) is 12.1. The van der Waals surface area contributed by atoms with E-state index in [0.717, 1.165) is 0 Å². The number of carboxylic acids is 1. The summed E-state index contributed by atoms with van der Waals surface area (Å²) in [4.78, 5) is 23.0. The molecule has 1 atom stereocenters. The molecule has 1 rings (SSSR count). The van der Waals surface area contributed by atoms with Crippen molar-refractivity contribution in [3.63, 3.8) is 0 Å². The minimum absolute atomic E-state index is 0.194. The van der Waals surface area contributed by atoms with E-state index in [1.807, 2.05) is 6.26 Å². The summed E-state index contributed by atoms with van der Waals surface area (Å²) in [6.07, 6.45) is 2.23. The third kappa shape index (κ3) is 4.93. The van der Waals surface area contributed by atoms with Crippen LogP contribution in [0.1, 0.15) is 16.8 Å². The van der Waals surface area contributed by atoms with Crippen LogP contribution in [0.15, 0.2) is 18.2 Å². The predicted molar refractivity (Wildman–Crippen MR) is 78.4 cm³/mol. The molecule has 1 aromatic carbocycles. The molecule has 7 heteroatoms. The van der Waals surface area contributed by atoms with Crippen molar-refractivity contribution in [3.05, 3.63) is 33.8 Å². The first-order chi connectivity index (χ1) is 8.95. The van der Waals surface area contributed by atoms with Crippen LogP contribution in [0.4, 0.5) is 0 Å². The zero-order valence-corrected chi connectivity index (χ0v) is 12.5. The molecule has 2 N–H and O–H groups in total. The van der Waals surface area contributed by atoms with Crippen molar-refractivity contribution in [1.82, 2.24) is 5.32 Å². The lowest BCUT2D eigenvalue weighted by Gasteiger charge is -2.14. The van der Waals surface area contributed by atoms with Crippen LogP contribution in [0.2, 0.25) is 10.0 Å². The van der Waals surface area contributed by atoms with Crippen molar-refractivity contribution >= 4 is 46.8 Å². The number of rotatable bonds is 6. The Morgan fingerprint density at radius 1 is 1.42 bits per heavy atom. The van der Waals surface area contributed by atoms with Crippen LogP contribution in [-0.4, -0.2) is 35.0 Å². The molecule has 1 unspecified atom stereocenters. The average Bonchev–Trinajstić information content (AvgIpc) is 2.33. The topological polar surface area (TPSA) is 66.4 Å². The molecule has 0 bridgehead atoms. The largest absolute Gasteiger partial charge is 0.480 e. The van der Waals surface area contributed by atoms with Crippen molar-refractivity contribution < 1.29 is 14.7 Å². The van der Waals surface area contributed by atoms with Gasteiger partial charge in [-0.2, -0.15) is 11.8 Å². The normalized spacial score (nSPS) is 11.9. The molecule has 19 heavy (non-hydrogen) atoms. The van der Waals surface area contributed by atoms with Crippen molar-refractivity contribution in [3.8, 4) is 0 Å². The monoisotopic (exact) mass is 321 g/mol. The van der Waals surface area contributed by atoms with Crippen molar-refractivity contribution in [1.29, 1.82) is 0 Å². The molecule has 0 saturated carbocycles. The van der Waals surface area contributed by atoms with Crippen molar-refractivity contribution in [2.75, 3.05) is 12.0 Å². The summed E-state index contributed by atoms with van der Waals surface area (Å²) >= 11 is 13.1. The highest BCUT2D eigenvalue weighted by Crippen LogP contribution is 2.21.